The fourth-order valence-electron chi connectivity index (χ4n) is 2.78. The highest BCUT2D eigenvalue weighted by atomic mass is 16.5. The fourth-order valence-corrected chi connectivity index (χ4v) is 2.78. The maximum atomic E-state index is 12.3. The van der Waals surface area contributed by atoms with E-state index in [1.54, 1.807) is 19.1 Å². The van der Waals surface area contributed by atoms with Gasteiger partial charge in [-0.2, -0.15) is 0 Å². The standard InChI is InChI=1S/C17H29N3O3/c1-7-8-9-17(3,4)10-14(18-12-21)20-11-15(23-6)19(5)16(22)13(20)2/h12,15H,2,7-11H2,1,3-6H3. The maximum Gasteiger partial charge on any atom is 0.271 e. The van der Waals surface area contributed by atoms with Crippen molar-refractivity contribution in [3.8, 4) is 0 Å². The molecule has 1 unspecified atom stereocenters. The Morgan fingerprint density at radius 1 is 1.52 bits per heavy atom. The second-order valence-corrected chi connectivity index (χ2v) is 6.76. The quantitative estimate of drug-likeness (QED) is 0.312. The molecule has 0 radical (unpaired) electrons. The summed E-state index contributed by atoms with van der Waals surface area (Å²) < 4.78 is 5.35. The zero-order chi connectivity index (χ0) is 17.6. The summed E-state index contributed by atoms with van der Waals surface area (Å²) in [5.74, 6) is 0.364. The van der Waals surface area contributed by atoms with Crippen molar-refractivity contribution in [3.63, 3.8) is 0 Å². The predicted molar refractivity (Wildman–Crippen MR) is 90.8 cm³/mol. The molecule has 0 aromatic rings. The number of methoxy groups -OCH3 is 1. The van der Waals surface area contributed by atoms with Crippen LogP contribution in [0.3, 0.4) is 0 Å². The van der Waals surface area contributed by atoms with Crippen LogP contribution in [0.2, 0.25) is 0 Å². The maximum absolute atomic E-state index is 12.3. The number of unbranched alkanes of at least 4 members (excludes halogenated alkanes) is 1. The molecule has 1 heterocycles. The molecular weight excluding hydrogens is 294 g/mol. The number of piperazine rings is 1. The summed E-state index contributed by atoms with van der Waals surface area (Å²) in [5.41, 5.74) is 0.320. The van der Waals surface area contributed by atoms with E-state index in [2.05, 4.69) is 32.3 Å². The summed E-state index contributed by atoms with van der Waals surface area (Å²) in [4.78, 5) is 30.5. The van der Waals surface area contributed by atoms with Crippen molar-refractivity contribution in [2.45, 2.75) is 52.7 Å². The number of carbonyl (C=O) groups excluding carboxylic acids is 2. The second-order valence-electron chi connectivity index (χ2n) is 6.76. The molecule has 6 nitrogen and oxygen atoms in total. The van der Waals surface area contributed by atoms with E-state index in [0.29, 0.717) is 30.9 Å². The molecule has 0 aromatic carbocycles. The highest BCUT2D eigenvalue weighted by Gasteiger charge is 2.36. The van der Waals surface area contributed by atoms with Crippen molar-refractivity contribution < 1.29 is 14.3 Å². The normalized spacial score (nSPS) is 20.2. The minimum Gasteiger partial charge on any atom is -0.360 e. The minimum absolute atomic E-state index is 0.00685. The molecule has 1 aliphatic heterocycles. The van der Waals surface area contributed by atoms with E-state index in [1.807, 2.05) is 0 Å². The summed E-state index contributed by atoms with van der Waals surface area (Å²) in [7, 11) is 3.24. The summed E-state index contributed by atoms with van der Waals surface area (Å²) in [6.07, 6.45) is 4.02. The van der Waals surface area contributed by atoms with Gasteiger partial charge in [-0.05, 0) is 11.8 Å². The highest BCUT2D eigenvalue weighted by molar-refractivity contribution is 6.00. The van der Waals surface area contributed by atoms with Gasteiger partial charge in [0.2, 0.25) is 6.41 Å². The van der Waals surface area contributed by atoms with Gasteiger partial charge in [0.15, 0.2) is 0 Å². The van der Waals surface area contributed by atoms with E-state index >= 15 is 0 Å². The fraction of sp³-hybridized carbons (Fsp3) is 0.706. The number of nitrogens with zero attached hydrogens (tertiary/aromatic N) is 3. The van der Waals surface area contributed by atoms with Crippen molar-refractivity contribution in [1.29, 1.82) is 0 Å². The van der Waals surface area contributed by atoms with Gasteiger partial charge < -0.3 is 14.5 Å². The molecule has 1 saturated heterocycles. The van der Waals surface area contributed by atoms with E-state index in [4.69, 9.17) is 4.74 Å². The average molecular weight is 323 g/mol. The topological polar surface area (TPSA) is 62.2 Å². The molecule has 1 aliphatic rings. The number of amidine groups is 1. The smallest absolute Gasteiger partial charge is 0.271 e. The van der Waals surface area contributed by atoms with Gasteiger partial charge in [0.05, 0.1) is 6.54 Å². The van der Waals surface area contributed by atoms with Crippen molar-refractivity contribution in [2.75, 3.05) is 20.7 Å². The Balaban J connectivity index is 3.00. The third-order valence-electron chi connectivity index (χ3n) is 4.29. The van der Waals surface area contributed by atoms with Crippen LogP contribution in [0.1, 0.15) is 46.5 Å². The molecule has 23 heavy (non-hydrogen) atoms. The number of rotatable bonds is 7. The van der Waals surface area contributed by atoms with E-state index in [9.17, 15) is 9.59 Å². The Kier molecular flexibility index (Phi) is 6.94. The first kappa shape index (κ1) is 19.4. The number of carbonyl (C=O) groups is 2. The number of ether oxygens (including phenoxy) is 1. The van der Waals surface area contributed by atoms with Crippen LogP contribution in [0.15, 0.2) is 17.3 Å². The Morgan fingerprint density at radius 3 is 2.70 bits per heavy atom. The molecule has 0 aromatic heterocycles. The van der Waals surface area contributed by atoms with Crippen LogP contribution in [-0.4, -0.2) is 54.9 Å². The van der Waals surface area contributed by atoms with Crippen molar-refractivity contribution in [1.82, 2.24) is 9.80 Å². The first-order valence-electron chi connectivity index (χ1n) is 8.04. The molecular formula is C17H29N3O3. The summed E-state index contributed by atoms with van der Waals surface area (Å²) in [5, 5.41) is 0. The first-order valence-corrected chi connectivity index (χ1v) is 8.04. The summed E-state index contributed by atoms with van der Waals surface area (Å²) >= 11 is 0. The van der Waals surface area contributed by atoms with Crippen LogP contribution in [0.5, 0.6) is 0 Å². The number of hydrogen-bond acceptors (Lipinski definition) is 3. The molecule has 6 heteroatoms. The summed E-state index contributed by atoms with van der Waals surface area (Å²) in [6, 6.07) is 0. The largest absolute Gasteiger partial charge is 0.360 e. The van der Waals surface area contributed by atoms with Crippen LogP contribution in [0.25, 0.3) is 0 Å². The number of likely N-dealkylation sites (N-methyl/N-ethyl adjacent to an activating group) is 1. The third-order valence-corrected chi connectivity index (χ3v) is 4.29. The Hall–Kier alpha value is -1.69. The third kappa shape index (κ3) is 4.89. The SMILES string of the molecule is C=C1C(=O)N(C)C(OC)CN1C(CC(C)(C)CCCC)=NC=O. The zero-order valence-electron chi connectivity index (χ0n) is 15.0. The zero-order valence-corrected chi connectivity index (χ0v) is 15.0. The molecule has 0 aliphatic carbocycles. The lowest BCUT2D eigenvalue weighted by atomic mass is 9.83. The number of aliphatic imine (C=N–C) groups is 1. The molecule has 0 N–H and O–H groups in total. The van der Waals surface area contributed by atoms with Gasteiger partial charge in [-0.1, -0.05) is 40.2 Å². The Labute approximate surface area is 139 Å². The molecule has 0 bridgehead atoms. The van der Waals surface area contributed by atoms with Gasteiger partial charge in [0.1, 0.15) is 17.8 Å². The lowest BCUT2D eigenvalue weighted by Gasteiger charge is -2.41. The molecule has 0 spiro atoms. The molecule has 130 valence electrons. The van der Waals surface area contributed by atoms with Gasteiger partial charge in [-0.3, -0.25) is 9.59 Å². The predicted octanol–water partition coefficient (Wildman–Crippen LogP) is 2.41. The lowest BCUT2D eigenvalue weighted by molar-refractivity contribution is -0.144. The Bertz CT molecular complexity index is 485. The first-order chi connectivity index (χ1) is 10.8. The van der Waals surface area contributed by atoms with E-state index in [-0.39, 0.29) is 17.6 Å². The lowest BCUT2D eigenvalue weighted by Crippen LogP contribution is -2.55. The molecule has 1 rings (SSSR count). The van der Waals surface area contributed by atoms with E-state index in [0.717, 1.165) is 19.3 Å². The molecule has 1 fully saturated rings. The van der Waals surface area contributed by atoms with Crippen LogP contribution < -0.4 is 0 Å². The van der Waals surface area contributed by atoms with Gasteiger partial charge in [0, 0.05) is 20.6 Å². The highest BCUT2D eigenvalue weighted by Crippen LogP contribution is 2.30. The minimum atomic E-state index is -0.386. The van der Waals surface area contributed by atoms with Crippen LogP contribution in [0, 0.1) is 5.41 Å². The number of hydrogen-bond donors (Lipinski definition) is 0. The molecule has 1 atom stereocenters. The van der Waals surface area contributed by atoms with Crippen molar-refractivity contribution in [3.05, 3.63) is 12.3 Å². The van der Waals surface area contributed by atoms with Crippen molar-refractivity contribution in [2.24, 2.45) is 10.4 Å². The molecule has 2 amide bonds. The van der Waals surface area contributed by atoms with Gasteiger partial charge >= 0.3 is 0 Å². The van der Waals surface area contributed by atoms with Crippen LogP contribution in [0.4, 0.5) is 0 Å². The van der Waals surface area contributed by atoms with Crippen molar-refractivity contribution >= 4 is 18.2 Å². The summed E-state index contributed by atoms with van der Waals surface area (Å²) in [6.45, 7) is 10.8. The monoisotopic (exact) mass is 323 g/mol. The second kappa shape index (κ2) is 8.24. The van der Waals surface area contributed by atoms with Gasteiger partial charge in [-0.15, -0.1) is 0 Å². The Morgan fingerprint density at radius 2 is 2.17 bits per heavy atom. The van der Waals surface area contributed by atoms with Crippen LogP contribution >= 0.6 is 0 Å². The average Bonchev–Trinajstić information content (AvgIpc) is 2.50. The van der Waals surface area contributed by atoms with Crippen LogP contribution in [-0.2, 0) is 14.3 Å². The van der Waals surface area contributed by atoms with Gasteiger partial charge in [0.25, 0.3) is 5.91 Å². The van der Waals surface area contributed by atoms with E-state index < -0.39 is 0 Å². The van der Waals surface area contributed by atoms with E-state index in [1.165, 1.54) is 4.90 Å². The van der Waals surface area contributed by atoms with Gasteiger partial charge in [-0.25, -0.2) is 4.99 Å². The number of amides is 2. The molecule has 0 saturated carbocycles.